The van der Waals surface area contributed by atoms with Gasteiger partial charge in [0.1, 0.15) is 4.21 Å². The standard InChI is InChI=1S/C21H20N4O3S3/c26-20(16-3-1-9-25(13-16)31(27,28)19-4-2-11-29-19)22-17-7-5-15(6-8-17)18-14-24-10-12-30-21(24)23-18/h2,4-8,10-12,14,16H,1,3,9,13H2,(H,22,26)/t16-/m0/s1. The predicted octanol–water partition coefficient (Wildman–Crippen LogP) is 4.16. The first-order valence-corrected chi connectivity index (χ1v) is 13.1. The fraction of sp³-hybridized carbons (Fsp3) is 0.238. The lowest BCUT2D eigenvalue weighted by atomic mass is 9.98. The van der Waals surface area contributed by atoms with Crippen LogP contribution in [-0.4, -0.2) is 41.1 Å². The fourth-order valence-electron chi connectivity index (χ4n) is 3.75. The molecule has 1 saturated heterocycles. The van der Waals surface area contributed by atoms with E-state index in [9.17, 15) is 13.2 Å². The van der Waals surface area contributed by atoms with E-state index >= 15 is 0 Å². The van der Waals surface area contributed by atoms with Gasteiger partial charge in [-0.2, -0.15) is 4.31 Å². The lowest BCUT2D eigenvalue weighted by Gasteiger charge is -2.30. The van der Waals surface area contributed by atoms with Crippen molar-refractivity contribution >= 4 is 49.3 Å². The van der Waals surface area contributed by atoms with Gasteiger partial charge in [-0.3, -0.25) is 9.20 Å². The molecule has 1 aliphatic rings. The van der Waals surface area contributed by atoms with E-state index in [1.165, 1.54) is 15.6 Å². The van der Waals surface area contributed by atoms with Gasteiger partial charge in [-0.05, 0) is 36.4 Å². The Kier molecular flexibility index (Phi) is 5.39. The maximum atomic E-state index is 12.8. The zero-order valence-corrected chi connectivity index (χ0v) is 18.9. The predicted molar refractivity (Wildman–Crippen MR) is 123 cm³/mol. The SMILES string of the molecule is O=C(Nc1ccc(-c2cn3ccsc3n2)cc1)[C@H]1CCCN(S(=O)(=O)c2cccs2)C1. The summed E-state index contributed by atoms with van der Waals surface area (Å²) in [6.45, 7) is 0.649. The number of thiazole rings is 1. The van der Waals surface area contributed by atoms with Gasteiger partial charge in [0.2, 0.25) is 5.91 Å². The van der Waals surface area contributed by atoms with Crippen molar-refractivity contribution < 1.29 is 13.2 Å². The number of nitrogens with zero attached hydrogens (tertiary/aromatic N) is 3. The van der Waals surface area contributed by atoms with E-state index in [-0.39, 0.29) is 18.4 Å². The minimum atomic E-state index is -3.54. The van der Waals surface area contributed by atoms with Crippen molar-refractivity contribution in [2.75, 3.05) is 18.4 Å². The molecule has 3 aromatic heterocycles. The summed E-state index contributed by atoms with van der Waals surface area (Å²) in [5.74, 6) is -0.524. The summed E-state index contributed by atoms with van der Waals surface area (Å²) in [7, 11) is -3.54. The molecule has 1 atom stereocenters. The summed E-state index contributed by atoms with van der Waals surface area (Å²) < 4.78 is 29.3. The first-order valence-electron chi connectivity index (χ1n) is 9.88. The van der Waals surface area contributed by atoms with Gasteiger partial charge in [0.05, 0.1) is 11.6 Å². The minimum Gasteiger partial charge on any atom is -0.326 e. The number of rotatable bonds is 5. The second-order valence-corrected chi connectivity index (χ2v) is 11.4. The van der Waals surface area contributed by atoms with Crippen LogP contribution in [0.5, 0.6) is 0 Å². The van der Waals surface area contributed by atoms with Crippen LogP contribution in [0.25, 0.3) is 16.2 Å². The van der Waals surface area contributed by atoms with Gasteiger partial charge in [-0.25, -0.2) is 13.4 Å². The number of thiophene rings is 1. The number of anilines is 1. The zero-order chi connectivity index (χ0) is 21.4. The number of nitrogens with one attached hydrogen (secondary N) is 1. The third-order valence-corrected chi connectivity index (χ3v) is 9.39. The Bertz CT molecular complexity index is 1280. The molecule has 0 saturated carbocycles. The quantitative estimate of drug-likeness (QED) is 0.473. The number of sulfonamides is 1. The Balaban J connectivity index is 1.26. The molecular formula is C21H20N4O3S3. The van der Waals surface area contributed by atoms with Crippen molar-refractivity contribution in [2.24, 2.45) is 5.92 Å². The minimum absolute atomic E-state index is 0.152. The van der Waals surface area contributed by atoms with Crippen molar-refractivity contribution in [1.29, 1.82) is 0 Å². The van der Waals surface area contributed by atoms with Gasteiger partial charge in [-0.15, -0.1) is 22.7 Å². The van der Waals surface area contributed by atoms with Crippen LogP contribution >= 0.6 is 22.7 Å². The first-order chi connectivity index (χ1) is 15.0. The van der Waals surface area contributed by atoms with Crippen LogP contribution in [0.4, 0.5) is 5.69 Å². The molecule has 0 spiro atoms. The summed E-state index contributed by atoms with van der Waals surface area (Å²) >= 11 is 2.78. The molecule has 4 aromatic rings. The largest absolute Gasteiger partial charge is 0.326 e. The summed E-state index contributed by atoms with van der Waals surface area (Å²) in [5.41, 5.74) is 2.54. The molecule has 7 nitrogen and oxygen atoms in total. The Morgan fingerprint density at radius 3 is 2.71 bits per heavy atom. The molecule has 0 bridgehead atoms. The average molecular weight is 473 g/mol. The molecule has 0 aliphatic carbocycles. The molecule has 1 aromatic carbocycles. The Morgan fingerprint density at radius 1 is 1.13 bits per heavy atom. The number of hydrogen-bond acceptors (Lipinski definition) is 6. The lowest BCUT2D eigenvalue weighted by Crippen LogP contribution is -2.43. The summed E-state index contributed by atoms with van der Waals surface area (Å²) in [4.78, 5) is 18.3. The van der Waals surface area contributed by atoms with Crippen LogP contribution in [0.2, 0.25) is 0 Å². The van der Waals surface area contributed by atoms with E-state index in [1.54, 1.807) is 28.8 Å². The second-order valence-electron chi connectivity index (χ2n) is 7.42. The van der Waals surface area contributed by atoms with Crippen molar-refractivity contribution in [3.63, 3.8) is 0 Å². The van der Waals surface area contributed by atoms with Crippen LogP contribution in [0.1, 0.15) is 12.8 Å². The third kappa shape index (κ3) is 4.03. The smallest absolute Gasteiger partial charge is 0.252 e. The molecular weight excluding hydrogens is 452 g/mol. The first kappa shape index (κ1) is 20.4. The number of benzene rings is 1. The Labute approximate surface area is 188 Å². The summed E-state index contributed by atoms with van der Waals surface area (Å²) in [6, 6.07) is 10.9. The van der Waals surface area contributed by atoms with Crippen molar-refractivity contribution in [1.82, 2.24) is 13.7 Å². The highest BCUT2D eigenvalue weighted by molar-refractivity contribution is 7.91. The monoisotopic (exact) mass is 472 g/mol. The number of fused-ring (bicyclic) bond motifs is 1. The molecule has 31 heavy (non-hydrogen) atoms. The number of piperidine rings is 1. The lowest BCUT2D eigenvalue weighted by molar-refractivity contribution is -0.120. The van der Waals surface area contributed by atoms with Crippen molar-refractivity contribution in [3.8, 4) is 11.3 Å². The fourth-order valence-corrected chi connectivity index (χ4v) is 7.12. The average Bonchev–Trinajstić information content (AvgIpc) is 3.52. The van der Waals surface area contributed by atoms with Gasteiger partial charge in [0.15, 0.2) is 4.96 Å². The van der Waals surface area contributed by atoms with E-state index in [0.717, 1.165) is 16.2 Å². The molecule has 0 radical (unpaired) electrons. The van der Waals surface area contributed by atoms with Gasteiger partial charge >= 0.3 is 0 Å². The molecule has 1 aliphatic heterocycles. The van der Waals surface area contributed by atoms with Crippen molar-refractivity contribution in [2.45, 2.75) is 17.1 Å². The maximum absolute atomic E-state index is 12.8. The van der Waals surface area contributed by atoms with Crippen LogP contribution in [-0.2, 0) is 14.8 Å². The Hall–Kier alpha value is -2.53. The number of aromatic nitrogens is 2. The van der Waals surface area contributed by atoms with Gasteiger partial charge in [0.25, 0.3) is 10.0 Å². The van der Waals surface area contributed by atoms with E-state index in [4.69, 9.17) is 0 Å². The highest BCUT2D eigenvalue weighted by Crippen LogP contribution is 2.28. The molecule has 5 rings (SSSR count). The van der Waals surface area contributed by atoms with E-state index in [1.807, 2.05) is 46.4 Å². The third-order valence-electron chi connectivity index (χ3n) is 5.39. The normalized spacial score (nSPS) is 17.7. The number of imidazole rings is 1. The van der Waals surface area contributed by atoms with Crippen LogP contribution < -0.4 is 5.32 Å². The molecule has 0 unspecified atom stereocenters. The van der Waals surface area contributed by atoms with E-state index in [2.05, 4.69) is 10.3 Å². The number of carbonyl (C=O) groups is 1. The highest BCUT2D eigenvalue weighted by atomic mass is 32.2. The van der Waals surface area contributed by atoms with Gasteiger partial charge in [-0.1, -0.05) is 18.2 Å². The van der Waals surface area contributed by atoms with Crippen molar-refractivity contribution in [3.05, 3.63) is 59.6 Å². The Morgan fingerprint density at radius 2 is 1.97 bits per heavy atom. The van der Waals surface area contributed by atoms with E-state index in [0.29, 0.717) is 29.3 Å². The summed E-state index contributed by atoms with van der Waals surface area (Å²) in [5, 5.41) is 6.67. The van der Waals surface area contributed by atoms with Crippen LogP contribution in [0.15, 0.2) is 63.8 Å². The van der Waals surface area contributed by atoms with Gasteiger partial charge < -0.3 is 5.32 Å². The topological polar surface area (TPSA) is 83.8 Å². The molecule has 1 N–H and O–H groups in total. The molecule has 4 heterocycles. The highest BCUT2D eigenvalue weighted by Gasteiger charge is 2.33. The second kappa shape index (κ2) is 8.19. The summed E-state index contributed by atoms with van der Waals surface area (Å²) in [6.07, 6.45) is 5.28. The van der Waals surface area contributed by atoms with E-state index < -0.39 is 10.0 Å². The zero-order valence-electron chi connectivity index (χ0n) is 16.5. The number of hydrogen-bond donors (Lipinski definition) is 1. The number of carbonyl (C=O) groups excluding carboxylic acids is 1. The van der Waals surface area contributed by atoms with Crippen LogP contribution in [0, 0.1) is 5.92 Å². The molecule has 1 amide bonds. The van der Waals surface area contributed by atoms with Crippen LogP contribution in [0.3, 0.4) is 0 Å². The molecule has 160 valence electrons. The molecule has 1 fully saturated rings. The van der Waals surface area contributed by atoms with Gasteiger partial charge in [0, 0.05) is 42.1 Å². The number of amides is 1. The maximum Gasteiger partial charge on any atom is 0.252 e. The molecule has 10 heteroatoms.